The van der Waals surface area contributed by atoms with Crippen LogP contribution in [0.2, 0.25) is 0 Å². The first-order chi connectivity index (χ1) is 8.14. The molecule has 104 valence electrons. The van der Waals surface area contributed by atoms with E-state index >= 15 is 0 Å². The summed E-state index contributed by atoms with van der Waals surface area (Å²) < 4.78 is 0. The van der Waals surface area contributed by atoms with Crippen LogP contribution in [0.25, 0.3) is 0 Å². The number of nitrogens with one attached hydrogen (secondary N) is 2. The van der Waals surface area contributed by atoms with Crippen molar-refractivity contribution in [2.75, 3.05) is 13.6 Å². The standard InChI is InChI=1S/C12H21N3O2.ClH/c1-14-10(16)12(5-6-12)11(17)15-9-4-2-3-8(9)7-13;/h8-9H,2-7,13H2,1H3,(H,14,16)(H,15,17);1H. The summed E-state index contributed by atoms with van der Waals surface area (Å²) in [5.74, 6) is 0.110. The van der Waals surface area contributed by atoms with E-state index in [0.29, 0.717) is 25.3 Å². The van der Waals surface area contributed by atoms with Crippen LogP contribution in [-0.2, 0) is 9.59 Å². The summed E-state index contributed by atoms with van der Waals surface area (Å²) in [4.78, 5) is 23.8. The zero-order valence-corrected chi connectivity index (χ0v) is 11.5. The maximum atomic E-state index is 12.1. The lowest BCUT2D eigenvalue weighted by molar-refractivity contribution is -0.137. The molecule has 4 N–H and O–H groups in total. The molecule has 2 saturated carbocycles. The van der Waals surface area contributed by atoms with Crippen LogP contribution < -0.4 is 16.4 Å². The van der Waals surface area contributed by atoms with Gasteiger partial charge in [0, 0.05) is 13.1 Å². The zero-order valence-electron chi connectivity index (χ0n) is 10.7. The van der Waals surface area contributed by atoms with Gasteiger partial charge in [0.2, 0.25) is 11.8 Å². The molecule has 0 heterocycles. The average molecular weight is 276 g/mol. The van der Waals surface area contributed by atoms with Crippen LogP contribution in [0.1, 0.15) is 32.1 Å². The number of hydrogen-bond donors (Lipinski definition) is 3. The highest BCUT2D eigenvalue weighted by Gasteiger charge is 2.56. The van der Waals surface area contributed by atoms with Crippen molar-refractivity contribution in [1.29, 1.82) is 0 Å². The van der Waals surface area contributed by atoms with E-state index in [1.165, 1.54) is 0 Å². The van der Waals surface area contributed by atoms with E-state index in [1.807, 2.05) is 0 Å². The molecule has 0 aromatic heterocycles. The molecule has 2 atom stereocenters. The molecule has 0 bridgehead atoms. The second-order valence-electron chi connectivity index (χ2n) is 5.17. The smallest absolute Gasteiger partial charge is 0.235 e. The van der Waals surface area contributed by atoms with Gasteiger partial charge in [-0.1, -0.05) is 6.42 Å². The number of halogens is 1. The minimum Gasteiger partial charge on any atom is -0.358 e. The number of amides is 2. The Morgan fingerprint density at radius 2 is 1.94 bits per heavy atom. The Bertz CT molecular complexity index is 331. The van der Waals surface area contributed by atoms with E-state index < -0.39 is 5.41 Å². The van der Waals surface area contributed by atoms with E-state index in [4.69, 9.17) is 5.73 Å². The fraction of sp³-hybridized carbons (Fsp3) is 0.833. The Kier molecular flexibility index (Phi) is 4.99. The molecule has 0 saturated heterocycles. The number of rotatable bonds is 4. The van der Waals surface area contributed by atoms with Crippen LogP contribution in [-0.4, -0.2) is 31.4 Å². The molecule has 0 spiro atoms. The van der Waals surface area contributed by atoms with Gasteiger partial charge in [-0.3, -0.25) is 9.59 Å². The van der Waals surface area contributed by atoms with Crippen molar-refractivity contribution in [1.82, 2.24) is 10.6 Å². The average Bonchev–Trinajstić information content (AvgIpc) is 3.04. The van der Waals surface area contributed by atoms with E-state index in [2.05, 4.69) is 10.6 Å². The largest absolute Gasteiger partial charge is 0.358 e. The van der Waals surface area contributed by atoms with Crippen LogP contribution in [0.3, 0.4) is 0 Å². The number of nitrogens with two attached hydrogens (primary N) is 1. The molecule has 0 aromatic carbocycles. The van der Waals surface area contributed by atoms with Gasteiger partial charge in [0.25, 0.3) is 0 Å². The van der Waals surface area contributed by atoms with Crippen molar-refractivity contribution in [2.24, 2.45) is 17.1 Å². The van der Waals surface area contributed by atoms with Gasteiger partial charge in [-0.2, -0.15) is 0 Å². The maximum Gasteiger partial charge on any atom is 0.235 e. The maximum absolute atomic E-state index is 12.1. The third kappa shape index (κ3) is 2.62. The van der Waals surface area contributed by atoms with Gasteiger partial charge in [0.05, 0.1) is 0 Å². The SMILES string of the molecule is CNC(=O)C1(C(=O)NC2CCCC2CN)CC1.Cl. The predicted octanol–water partition coefficient (Wildman–Crippen LogP) is 0.178. The van der Waals surface area contributed by atoms with Crippen molar-refractivity contribution >= 4 is 24.2 Å². The lowest BCUT2D eigenvalue weighted by Crippen LogP contribution is -2.47. The lowest BCUT2D eigenvalue weighted by atomic mass is 10.0. The molecule has 2 unspecified atom stereocenters. The molecule has 0 aliphatic heterocycles. The first kappa shape index (κ1) is 15.2. The van der Waals surface area contributed by atoms with E-state index in [1.54, 1.807) is 7.05 Å². The minimum absolute atomic E-state index is 0. The molecule has 6 heteroatoms. The Hall–Kier alpha value is -0.810. The molecule has 2 aliphatic carbocycles. The number of carbonyl (C=O) groups is 2. The highest BCUT2D eigenvalue weighted by molar-refractivity contribution is 6.07. The third-order valence-electron chi connectivity index (χ3n) is 4.12. The fourth-order valence-corrected chi connectivity index (χ4v) is 2.74. The van der Waals surface area contributed by atoms with Gasteiger partial charge in [-0.15, -0.1) is 12.4 Å². The molecule has 0 aromatic rings. The highest BCUT2D eigenvalue weighted by atomic mass is 35.5. The van der Waals surface area contributed by atoms with Gasteiger partial charge in [-0.05, 0) is 38.1 Å². The molecule has 2 fully saturated rings. The first-order valence-electron chi connectivity index (χ1n) is 6.37. The first-order valence-corrected chi connectivity index (χ1v) is 6.37. The quantitative estimate of drug-likeness (QED) is 0.640. The second kappa shape index (κ2) is 5.89. The Morgan fingerprint density at radius 3 is 2.44 bits per heavy atom. The Morgan fingerprint density at radius 1 is 1.28 bits per heavy atom. The van der Waals surface area contributed by atoms with E-state index in [-0.39, 0.29) is 30.3 Å². The van der Waals surface area contributed by atoms with Gasteiger partial charge in [-0.25, -0.2) is 0 Å². The fourth-order valence-electron chi connectivity index (χ4n) is 2.74. The summed E-state index contributed by atoms with van der Waals surface area (Å²) in [6.45, 7) is 0.609. The Labute approximate surface area is 114 Å². The summed E-state index contributed by atoms with van der Waals surface area (Å²) >= 11 is 0. The predicted molar refractivity (Wildman–Crippen MR) is 71.3 cm³/mol. The summed E-state index contributed by atoms with van der Waals surface area (Å²) in [6, 6.07) is 0.162. The van der Waals surface area contributed by atoms with E-state index in [9.17, 15) is 9.59 Å². The lowest BCUT2D eigenvalue weighted by Gasteiger charge is -2.22. The third-order valence-corrected chi connectivity index (χ3v) is 4.12. The molecular weight excluding hydrogens is 254 g/mol. The monoisotopic (exact) mass is 275 g/mol. The van der Waals surface area contributed by atoms with Crippen LogP contribution >= 0.6 is 12.4 Å². The Balaban J connectivity index is 0.00000162. The van der Waals surface area contributed by atoms with Crippen LogP contribution in [0.15, 0.2) is 0 Å². The summed E-state index contributed by atoms with van der Waals surface area (Å²) in [5, 5.41) is 5.59. The van der Waals surface area contributed by atoms with Crippen molar-refractivity contribution in [3.8, 4) is 0 Å². The van der Waals surface area contributed by atoms with Gasteiger partial charge in [0.15, 0.2) is 0 Å². The van der Waals surface area contributed by atoms with Gasteiger partial charge < -0.3 is 16.4 Å². The van der Waals surface area contributed by atoms with Crippen LogP contribution in [0, 0.1) is 11.3 Å². The summed E-state index contributed by atoms with van der Waals surface area (Å²) in [6.07, 6.45) is 4.50. The molecule has 0 radical (unpaired) electrons. The summed E-state index contributed by atoms with van der Waals surface area (Å²) in [7, 11) is 1.58. The van der Waals surface area contributed by atoms with Crippen LogP contribution in [0.5, 0.6) is 0 Å². The summed E-state index contributed by atoms with van der Waals surface area (Å²) in [5.41, 5.74) is 4.90. The van der Waals surface area contributed by atoms with Crippen molar-refractivity contribution in [3.63, 3.8) is 0 Å². The van der Waals surface area contributed by atoms with Crippen molar-refractivity contribution < 1.29 is 9.59 Å². The molecule has 2 rings (SSSR count). The zero-order chi connectivity index (χ0) is 12.5. The highest BCUT2D eigenvalue weighted by Crippen LogP contribution is 2.46. The minimum atomic E-state index is -0.781. The molecule has 2 amide bonds. The van der Waals surface area contributed by atoms with Crippen molar-refractivity contribution in [2.45, 2.75) is 38.1 Å². The van der Waals surface area contributed by atoms with E-state index in [0.717, 1.165) is 19.3 Å². The molecule has 18 heavy (non-hydrogen) atoms. The number of hydrogen-bond acceptors (Lipinski definition) is 3. The normalized spacial score (nSPS) is 28.1. The second-order valence-corrected chi connectivity index (χ2v) is 5.17. The topological polar surface area (TPSA) is 84.2 Å². The van der Waals surface area contributed by atoms with Gasteiger partial charge in [0.1, 0.15) is 5.41 Å². The van der Waals surface area contributed by atoms with Gasteiger partial charge >= 0.3 is 0 Å². The molecular formula is C12H22ClN3O2. The van der Waals surface area contributed by atoms with Crippen LogP contribution in [0.4, 0.5) is 0 Å². The molecule has 5 nitrogen and oxygen atoms in total. The molecule has 2 aliphatic rings. The van der Waals surface area contributed by atoms with Crippen molar-refractivity contribution in [3.05, 3.63) is 0 Å². The number of carbonyl (C=O) groups excluding carboxylic acids is 2.